The molecule has 0 bridgehead atoms. The molecule has 0 unspecified atom stereocenters. The molecule has 0 aliphatic carbocycles. The van der Waals surface area contributed by atoms with Crippen molar-refractivity contribution in [2.24, 2.45) is 0 Å². The molecule has 0 aliphatic heterocycles. The van der Waals surface area contributed by atoms with E-state index in [2.05, 4.69) is 0 Å². The van der Waals surface area contributed by atoms with Gasteiger partial charge >= 0.3 is 0 Å². The van der Waals surface area contributed by atoms with E-state index in [0.717, 1.165) is 12.0 Å². The van der Waals surface area contributed by atoms with Crippen molar-refractivity contribution in [1.82, 2.24) is 0 Å². The van der Waals surface area contributed by atoms with E-state index >= 15 is 0 Å². The predicted molar refractivity (Wildman–Crippen MR) is 59.6 cm³/mol. The molecule has 3 heteroatoms. The Morgan fingerprint density at radius 3 is 2.71 bits per heavy atom. The molecule has 76 valence electrons. The predicted octanol–water partition coefficient (Wildman–Crippen LogP) is 4.21. The van der Waals surface area contributed by atoms with Gasteiger partial charge in [0.2, 0.25) is 0 Å². The number of rotatable bonds is 4. The van der Waals surface area contributed by atoms with Crippen LogP contribution in [0.4, 0.5) is 4.39 Å². The molecule has 0 atom stereocenters. The van der Waals surface area contributed by atoms with E-state index in [1.54, 1.807) is 6.07 Å². The number of allylic oxidation sites excluding steroid dienone is 2. The first kappa shape index (κ1) is 11.5. The third kappa shape index (κ3) is 3.69. The second-order valence-electron chi connectivity index (χ2n) is 2.90. The van der Waals surface area contributed by atoms with Crippen LogP contribution >= 0.6 is 23.2 Å². The summed E-state index contributed by atoms with van der Waals surface area (Å²) in [5.41, 5.74) is 0.915. The van der Waals surface area contributed by atoms with E-state index in [0.29, 0.717) is 12.3 Å². The highest BCUT2D eigenvalue weighted by Crippen LogP contribution is 2.15. The highest BCUT2D eigenvalue weighted by Gasteiger charge is 1.98. The van der Waals surface area contributed by atoms with E-state index < -0.39 is 0 Å². The van der Waals surface area contributed by atoms with E-state index in [1.807, 2.05) is 18.2 Å². The quantitative estimate of drug-likeness (QED) is 0.539. The molecule has 0 aliphatic rings. The molecule has 0 saturated carbocycles. The van der Waals surface area contributed by atoms with Crippen LogP contribution in [0.3, 0.4) is 0 Å². The Hall–Kier alpha value is -0.530. The van der Waals surface area contributed by atoms with Crippen molar-refractivity contribution < 1.29 is 4.39 Å². The van der Waals surface area contributed by atoms with Crippen LogP contribution in [0.25, 0.3) is 0 Å². The van der Waals surface area contributed by atoms with Crippen molar-refractivity contribution in [3.8, 4) is 0 Å². The summed E-state index contributed by atoms with van der Waals surface area (Å²) in [6.45, 7) is 0. The molecule has 0 saturated heterocycles. The van der Waals surface area contributed by atoms with Crippen molar-refractivity contribution in [3.05, 3.63) is 46.8 Å². The fraction of sp³-hybridized carbons (Fsp3) is 0.273. The lowest BCUT2D eigenvalue weighted by Crippen LogP contribution is -1.84. The fourth-order valence-corrected chi connectivity index (χ4v) is 1.31. The maximum atomic E-state index is 13.0. The second kappa shape index (κ2) is 6.05. The number of alkyl halides is 1. The van der Waals surface area contributed by atoms with Crippen LogP contribution in [0.5, 0.6) is 0 Å². The third-order valence-corrected chi connectivity index (χ3v) is 2.30. The smallest absolute Gasteiger partial charge is 0.142 e. The van der Waals surface area contributed by atoms with Crippen molar-refractivity contribution in [3.63, 3.8) is 0 Å². The van der Waals surface area contributed by atoms with Crippen LogP contribution in [0.2, 0.25) is 5.02 Å². The molecule has 0 amide bonds. The average molecular weight is 233 g/mol. The Kier molecular flexibility index (Phi) is 4.99. The molecule has 0 N–H and O–H groups in total. The Morgan fingerprint density at radius 2 is 2.07 bits per heavy atom. The molecular formula is C11H11Cl2F. The third-order valence-electron chi connectivity index (χ3n) is 1.78. The number of hydrogen-bond donors (Lipinski definition) is 0. The van der Waals surface area contributed by atoms with Crippen LogP contribution in [0.1, 0.15) is 12.0 Å². The van der Waals surface area contributed by atoms with Gasteiger partial charge in [-0.05, 0) is 30.5 Å². The van der Waals surface area contributed by atoms with Crippen LogP contribution in [0.15, 0.2) is 30.4 Å². The normalized spacial score (nSPS) is 11.1. The Bertz CT molecular complexity index is 321. The van der Waals surface area contributed by atoms with E-state index in [4.69, 9.17) is 23.2 Å². The summed E-state index contributed by atoms with van der Waals surface area (Å²) in [5.74, 6) is 0.251. The molecule has 0 radical (unpaired) electrons. The number of hydrogen-bond acceptors (Lipinski definition) is 0. The molecule has 1 rings (SSSR count). The van der Waals surface area contributed by atoms with Crippen molar-refractivity contribution >= 4 is 23.2 Å². The van der Waals surface area contributed by atoms with Gasteiger partial charge < -0.3 is 0 Å². The first-order chi connectivity index (χ1) is 6.74. The molecule has 0 aromatic heterocycles. The average Bonchev–Trinajstić information content (AvgIpc) is 2.18. The van der Waals surface area contributed by atoms with E-state index in [1.165, 1.54) is 6.07 Å². The Balaban J connectivity index is 2.55. The van der Waals surface area contributed by atoms with Gasteiger partial charge in [0.05, 0.1) is 5.02 Å². The van der Waals surface area contributed by atoms with Crippen LogP contribution in [-0.2, 0) is 6.42 Å². The number of benzene rings is 1. The molecule has 0 spiro atoms. The molecule has 1 aromatic rings. The highest BCUT2D eigenvalue weighted by atomic mass is 35.5. The van der Waals surface area contributed by atoms with Crippen LogP contribution < -0.4 is 0 Å². The molecule has 0 fully saturated rings. The molecular weight excluding hydrogens is 222 g/mol. The fourth-order valence-electron chi connectivity index (χ4n) is 1.07. The van der Waals surface area contributed by atoms with Crippen LogP contribution in [-0.4, -0.2) is 5.88 Å². The molecule has 14 heavy (non-hydrogen) atoms. The summed E-state index contributed by atoms with van der Waals surface area (Å²) in [4.78, 5) is 0. The molecule has 1 aromatic carbocycles. The first-order valence-corrected chi connectivity index (χ1v) is 5.30. The standard InChI is InChI=1S/C11H11Cl2F/c12-7-3-1-2-4-9-5-6-10(13)11(14)8-9/h1-2,5-6,8H,3-4,7H2/b2-1+. The highest BCUT2D eigenvalue weighted by molar-refractivity contribution is 6.30. The lowest BCUT2D eigenvalue weighted by Gasteiger charge is -1.98. The Morgan fingerprint density at radius 1 is 1.29 bits per heavy atom. The lowest BCUT2D eigenvalue weighted by atomic mass is 10.1. The van der Waals surface area contributed by atoms with Gasteiger partial charge in [-0.2, -0.15) is 0 Å². The first-order valence-electron chi connectivity index (χ1n) is 4.39. The Labute approximate surface area is 93.3 Å². The minimum atomic E-state index is -0.366. The van der Waals surface area contributed by atoms with Gasteiger partial charge in [0.1, 0.15) is 5.82 Å². The van der Waals surface area contributed by atoms with Gasteiger partial charge in [0, 0.05) is 5.88 Å². The topological polar surface area (TPSA) is 0 Å². The van der Waals surface area contributed by atoms with Gasteiger partial charge in [0.15, 0.2) is 0 Å². The van der Waals surface area contributed by atoms with Crippen LogP contribution in [0, 0.1) is 5.82 Å². The van der Waals surface area contributed by atoms with Crippen molar-refractivity contribution in [2.45, 2.75) is 12.8 Å². The lowest BCUT2D eigenvalue weighted by molar-refractivity contribution is 0.626. The minimum absolute atomic E-state index is 0.165. The zero-order chi connectivity index (χ0) is 10.4. The second-order valence-corrected chi connectivity index (χ2v) is 3.69. The summed E-state index contributed by atoms with van der Waals surface area (Å²) >= 11 is 11.1. The summed E-state index contributed by atoms with van der Waals surface area (Å²) < 4.78 is 13.0. The van der Waals surface area contributed by atoms with Gasteiger partial charge in [-0.15, -0.1) is 11.6 Å². The summed E-state index contributed by atoms with van der Waals surface area (Å²) in [7, 11) is 0. The SMILES string of the molecule is Fc1cc(C/C=C/CCCl)ccc1Cl. The minimum Gasteiger partial charge on any atom is -0.205 e. The maximum Gasteiger partial charge on any atom is 0.142 e. The van der Waals surface area contributed by atoms with Gasteiger partial charge in [-0.1, -0.05) is 29.8 Å². The summed E-state index contributed by atoms with van der Waals surface area (Å²) in [5, 5.41) is 0.165. The zero-order valence-corrected chi connectivity index (χ0v) is 9.15. The summed E-state index contributed by atoms with van der Waals surface area (Å²) in [6, 6.07) is 4.84. The van der Waals surface area contributed by atoms with E-state index in [-0.39, 0.29) is 10.8 Å². The largest absolute Gasteiger partial charge is 0.205 e. The van der Waals surface area contributed by atoms with Gasteiger partial charge in [0.25, 0.3) is 0 Å². The monoisotopic (exact) mass is 232 g/mol. The molecule has 0 heterocycles. The van der Waals surface area contributed by atoms with Crippen molar-refractivity contribution in [1.29, 1.82) is 0 Å². The van der Waals surface area contributed by atoms with Crippen molar-refractivity contribution in [2.75, 3.05) is 5.88 Å². The molecule has 0 nitrogen and oxygen atoms in total. The maximum absolute atomic E-state index is 13.0. The zero-order valence-electron chi connectivity index (χ0n) is 7.64. The van der Waals surface area contributed by atoms with Gasteiger partial charge in [-0.25, -0.2) is 4.39 Å². The summed E-state index contributed by atoms with van der Waals surface area (Å²) in [6.07, 6.45) is 5.52. The van der Waals surface area contributed by atoms with E-state index in [9.17, 15) is 4.39 Å². The van der Waals surface area contributed by atoms with Gasteiger partial charge in [-0.3, -0.25) is 0 Å². The number of halogens is 3.